The van der Waals surface area contributed by atoms with Crippen molar-refractivity contribution in [1.82, 2.24) is 0 Å². The summed E-state index contributed by atoms with van der Waals surface area (Å²) in [5.41, 5.74) is 3.68. The minimum absolute atomic E-state index is 0.0534. The van der Waals surface area contributed by atoms with Gasteiger partial charge in [-0.3, -0.25) is 10.1 Å². The Bertz CT molecular complexity index is 710. The highest BCUT2D eigenvalue weighted by Crippen LogP contribution is 2.47. The predicted octanol–water partition coefficient (Wildman–Crippen LogP) is 2.72. The molecule has 0 saturated heterocycles. The molecule has 0 saturated carbocycles. The Morgan fingerprint density at radius 1 is 1.15 bits per heavy atom. The molecule has 5 nitrogen and oxygen atoms in total. The maximum Gasteiger partial charge on any atom is 0.293 e. The van der Waals surface area contributed by atoms with E-state index < -0.39 is 6.10 Å². The molecule has 0 fully saturated rings. The van der Waals surface area contributed by atoms with Gasteiger partial charge in [0.15, 0.2) is 0 Å². The zero-order valence-corrected chi connectivity index (χ0v) is 11.2. The molecule has 20 heavy (non-hydrogen) atoms. The van der Waals surface area contributed by atoms with Crippen LogP contribution >= 0.6 is 0 Å². The average Bonchev–Trinajstić information content (AvgIpc) is 2.71. The van der Waals surface area contributed by atoms with Crippen LogP contribution in [0, 0.1) is 10.1 Å². The van der Waals surface area contributed by atoms with Crippen LogP contribution in [0.5, 0.6) is 0 Å². The lowest BCUT2D eigenvalue weighted by Gasteiger charge is -2.15. The summed E-state index contributed by atoms with van der Waals surface area (Å²) in [4.78, 5) is 12.5. The fourth-order valence-electron chi connectivity index (χ4n) is 2.71. The van der Waals surface area contributed by atoms with Crippen LogP contribution in [0.1, 0.15) is 17.2 Å². The van der Waals surface area contributed by atoms with E-state index in [0.29, 0.717) is 5.69 Å². The third kappa shape index (κ3) is 1.67. The number of anilines is 1. The second-order valence-electron chi connectivity index (χ2n) is 5.07. The summed E-state index contributed by atoms with van der Waals surface area (Å²) in [7, 11) is 3.51. The van der Waals surface area contributed by atoms with Gasteiger partial charge in [0.05, 0.1) is 4.92 Å². The number of aliphatic hydroxyl groups excluding tert-OH is 1. The van der Waals surface area contributed by atoms with E-state index in [1.165, 1.54) is 0 Å². The normalized spacial score (nSPS) is 15.7. The Morgan fingerprint density at radius 2 is 1.85 bits per heavy atom. The van der Waals surface area contributed by atoms with Gasteiger partial charge in [-0.25, -0.2) is 0 Å². The van der Waals surface area contributed by atoms with Crippen LogP contribution in [-0.4, -0.2) is 24.1 Å². The summed E-state index contributed by atoms with van der Waals surface area (Å²) in [6, 6.07) is 10.7. The van der Waals surface area contributed by atoms with Crippen LogP contribution in [0.3, 0.4) is 0 Å². The largest absolute Gasteiger partial charge is 0.384 e. The van der Waals surface area contributed by atoms with Crippen molar-refractivity contribution in [2.75, 3.05) is 19.0 Å². The van der Waals surface area contributed by atoms with E-state index in [4.69, 9.17) is 0 Å². The van der Waals surface area contributed by atoms with Gasteiger partial charge in [-0.1, -0.05) is 24.3 Å². The molecule has 0 bridgehead atoms. The molecule has 0 radical (unpaired) electrons. The second kappa shape index (κ2) is 4.31. The summed E-state index contributed by atoms with van der Waals surface area (Å²) >= 11 is 0. The number of nitro benzene ring substituents is 1. The molecule has 1 N–H and O–H groups in total. The maximum absolute atomic E-state index is 11.2. The number of fused-ring (bicyclic) bond motifs is 3. The van der Waals surface area contributed by atoms with Crippen molar-refractivity contribution in [3.8, 4) is 11.1 Å². The number of hydrogen-bond donors (Lipinski definition) is 1. The first-order valence-corrected chi connectivity index (χ1v) is 6.27. The Morgan fingerprint density at radius 3 is 2.50 bits per heavy atom. The van der Waals surface area contributed by atoms with Crippen LogP contribution in [0.25, 0.3) is 11.1 Å². The van der Waals surface area contributed by atoms with E-state index >= 15 is 0 Å². The fraction of sp³-hybridized carbons (Fsp3) is 0.200. The Labute approximate surface area is 116 Å². The van der Waals surface area contributed by atoms with Crippen molar-refractivity contribution in [1.29, 1.82) is 0 Å². The van der Waals surface area contributed by atoms with Gasteiger partial charge in [0, 0.05) is 20.2 Å². The van der Waals surface area contributed by atoms with E-state index in [0.717, 1.165) is 22.3 Å². The van der Waals surface area contributed by atoms with E-state index in [1.54, 1.807) is 31.1 Å². The van der Waals surface area contributed by atoms with Gasteiger partial charge in [0.1, 0.15) is 11.8 Å². The molecule has 0 heterocycles. The number of rotatable bonds is 2. The van der Waals surface area contributed by atoms with Crippen molar-refractivity contribution in [3.05, 3.63) is 57.6 Å². The quantitative estimate of drug-likeness (QED) is 0.673. The maximum atomic E-state index is 11.2. The molecule has 102 valence electrons. The zero-order chi connectivity index (χ0) is 14.4. The highest BCUT2D eigenvalue weighted by Gasteiger charge is 2.30. The molecule has 1 aliphatic carbocycles. The lowest BCUT2D eigenvalue weighted by molar-refractivity contribution is -0.384. The molecule has 1 aliphatic rings. The van der Waals surface area contributed by atoms with Crippen LogP contribution in [0.4, 0.5) is 11.4 Å². The summed E-state index contributed by atoms with van der Waals surface area (Å²) in [6.07, 6.45) is -0.722. The van der Waals surface area contributed by atoms with Crippen molar-refractivity contribution in [3.63, 3.8) is 0 Å². The smallest absolute Gasteiger partial charge is 0.293 e. The van der Waals surface area contributed by atoms with E-state index in [-0.39, 0.29) is 10.6 Å². The van der Waals surface area contributed by atoms with Gasteiger partial charge in [-0.15, -0.1) is 0 Å². The minimum Gasteiger partial charge on any atom is -0.384 e. The van der Waals surface area contributed by atoms with Crippen molar-refractivity contribution in [2.24, 2.45) is 0 Å². The van der Waals surface area contributed by atoms with Crippen molar-refractivity contribution >= 4 is 11.4 Å². The lowest BCUT2D eigenvalue weighted by Crippen LogP contribution is -2.12. The molecule has 0 amide bonds. The fourth-order valence-corrected chi connectivity index (χ4v) is 2.71. The second-order valence-corrected chi connectivity index (χ2v) is 5.07. The standard InChI is InChI=1S/C15H14N2O3/c1-16(2)13-8-12-11(7-14(13)17(19)20)9-5-3-4-6-10(9)15(12)18/h3-8,15,18H,1-2H3. The third-order valence-corrected chi connectivity index (χ3v) is 3.67. The Kier molecular flexibility index (Phi) is 2.72. The summed E-state index contributed by atoms with van der Waals surface area (Å²) < 4.78 is 0. The molecule has 5 heteroatoms. The summed E-state index contributed by atoms with van der Waals surface area (Å²) in [5.74, 6) is 0. The molecular formula is C15H14N2O3. The lowest BCUT2D eigenvalue weighted by atomic mass is 10.0. The number of hydrogen-bond acceptors (Lipinski definition) is 4. The number of aliphatic hydroxyl groups is 1. The number of nitro groups is 1. The highest BCUT2D eigenvalue weighted by molar-refractivity contribution is 5.84. The molecule has 1 atom stereocenters. The molecule has 1 unspecified atom stereocenters. The molecule has 2 aromatic rings. The first kappa shape index (κ1) is 12.6. The SMILES string of the molecule is CN(C)c1cc2c(cc1[N+](=O)[O-])-c1ccccc1C2O. The Balaban J connectivity index is 2.30. The molecule has 0 aliphatic heterocycles. The van der Waals surface area contributed by atoms with Crippen LogP contribution in [-0.2, 0) is 0 Å². The molecule has 3 rings (SSSR count). The molecule has 2 aromatic carbocycles. The molecule has 0 spiro atoms. The summed E-state index contributed by atoms with van der Waals surface area (Å²) in [5, 5.41) is 21.6. The zero-order valence-electron chi connectivity index (χ0n) is 11.2. The van der Waals surface area contributed by atoms with Gasteiger partial charge in [0.25, 0.3) is 5.69 Å². The van der Waals surface area contributed by atoms with Gasteiger partial charge in [-0.05, 0) is 28.3 Å². The van der Waals surface area contributed by atoms with Crippen LogP contribution in [0.2, 0.25) is 0 Å². The van der Waals surface area contributed by atoms with E-state index in [9.17, 15) is 15.2 Å². The average molecular weight is 270 g/mol. The van der Waals surface area contributed by atoms with Crippen molar-refractivity contribution in [2.45, 2.75) is 6.10 Å². The monoisotopic (exact) mass is 270 g/mol. The number of benzene rings is 2. The van der Waals surface area contributed by atoms with Gasteiger partial charge < -0.3 is 10.0 Å². The predicted molar refractivity (Wildman–Crippen MR) is 76.9 cm³/mol. The van der Waals surface area contributed by atoms with E-state index in [1.807, 2.05) is 24.3 Å². The summed E-state index contributed by atoms with van der Waals surface area (Å²) in [6.45, 7) is 0. The number of nitrogens with zero attached hydrogens (tertiary/aromatic N) is 2. The van der Waals surface area contributed by atoms with Gasteiger partial charge >= 0.3 is 0 Å². The van der Waals surface area contributed by atoms with Gasteiger partial charge in [0.2, 0.25) is 0 Å². The third-order valence-electron chi connectivity index (χ3n) is 3.67. The minimum atomic E-state index is -0.722. The van der Waals surface area contributed by atoms with E-state index in [2.05, 4.69) is 0 Å². The Hall–Kier alpha value is -2.40. The van der Waals surface area contributed by atoms with Gasteiger partial charge in [-0.2, -0.15) is 0 Å². The van der Waals surface area contributed by atoms with Crippen LogP contribution in [0.15, 0.2) is 36.4 Å². The van der Waals surface area contributed by atoms with Crippen LogP contribution < -0.4 is 4.90 Å². The topological polar surface area (TPSA) is 66.6 Å². The highest BCUT2D eigenvalue weighted by atomic mass is 16.6. The first-order valence-electron chi connectivity index (χ1n) is 6.27. The first-order chi connectivity index (χ1) is 9.50. The van der Waals surface area contributed by atoms with Crippen molar-refractivity contribution < 1.29 is 10.0 Å². The molecule has 0 aromatic heterocycles. The molecular weight excluding hydrogens is 256 g/mol.